The van der Waals surface area contributed by atoms with E-state index in [1.807, 2.05) is 48.0 Å². The number of nitrogens with one attached hydrogen (secondary N) is 1. The van der Waals surface area contributed by atoms with Crippen molar-refractivity contribution in [3.63, 3.8) is 0 Å². The summed E-state index contributed by atoms with van der Waals surface area (Å²) in [5.74, 6) is 1.00. The van der Waals surface area contributed by atoms with E-state index in [1.54, 1.807) is 0 Å². The normalized spacial score (nSPS) is 12.9. The molecule has 2 heterocycles. The van der Waals surface area contributed by atoms with Crippen LogP contribution in [0.15, 0.2) is 24.7 Å². The first-order valence-corrected chi connectivity index (χ1v) is 5.94. The van der Waals surface area contributed by atoms with Crippen molar-refractivity contribution in [2.24, 2.45) is 7.05 Å². The van der Waals surface area contributed by atoms with Gasteiger partial charge in [0.05, 0.1) is 5.69 Å². The standard InChI is InChI=1S/C12H19N5/c1-4-8-17-10(5-6-15-17)11(13-2)12-14-7-9-16(12)3/h5-7,9,11,13H,4,8H2,1-3H3. The van der Waals surface area contributed by atoms with Gasteiger partial charge >= 0.3 is 0 Å². The smallest absolute Gasteiger partial charge is 0.131 e. The zero-order valence-corrected chi connectivity index (χ0v) is 10.6. The van der Waals surface area contributed by atoms with Crippen LogP contribution in [0, 0.1) is 0 Å². The van der Waals surface area contributed by atoms with Gasteiger partial charge in [-0.2, -0.15) is 5.10 Å². The molecule has 5 heteroatoms. The Bertz CT molecular complexity index is 471. The van der Waals surface area contributed by atoms with Crippen LogP contribution in [0.25, 0.3) is 0 Å². The van der Waals surface area contributed by atoms with E-state index < -0.39 is 0 Å². The molecule has 0 saturated carbocycles. The predicted octanol–water partition coefficient (Wildman–Crippen LogP) is 1.34. The van der Waals surface area contributed by atoms with E-state index in [1.165, 1.54) is 0 Å². The van der Waals surface area contributed by atoms with Gasteiger partial charge in [0.1, 0.15) is 11.9 Å². The Morgan fingerprint density at radius 1 is 1.41 bits per heavy atom. The topological polar surface area (TPSA) is 47.7 Å². The lowest BCUT2D eigenvalue weighted by Crippen LogP contribution is -2.24. The number of aromatic nitrogens is 4. The van der Waals surface area contributed by atoms with Gasteiger partial charge in [0.2, 0.25) is 0 Å². The van der Waals surface area contributed by atoms with Crippen LogP contribution >= 0.6 is 0 Å². The van der Waals surface area contributed by atoms with E-state index in [0.717, 1.165) is 24.5 Å². The highest BCUT2D eigenvalue weighted by Gasteiger charge is 2.19. The van der Waals surface area contributed by atoms with E-state index in [4.69, 9.17) is 0 Å². The molecule has 2 aromatic rings. The van der Waals surface area contributed by atoms with Gasteiger partial charge in [-0.05, 0) is 19.5 Å². The number of hydrogen-bond donors (Lipinski definition) is 1. The van der Waals surface area contributed by atoms with Crippen LogP contribution in [-0.2, 0) is 13.6 Å². The molecule has 92 valence electrons. The summed E-state index contributed by atoms with van der Waals surface area (Å²) in [4.78, 5) is 4.40. The minimum atomic E-state index is 0.0871. The Hall–Kier alpha value is -1.62. The number of aryl methyl sites for hydroxylation is 2. The van der Waals surface area contributed by atoms with Gasteiger partial charge in [0.15, 0.2) is 0 Å². The first kappa shape index (κ1) is 11.9. The summed E-state index contributed by atoms with van der Waals surface area (Å²) < 4.78 is 4.07. The third-order valence-corrected chi connectivity index (χ3v) is 2.89. The summed E-state index contributed by atoms with van der Waals surface area (Å²) in [6.07, 6.45) is 6.70. The van der Waals surface area contributed by atoms with Gasteiger partial charge in [0.25, 0.3) is 0 Å². The Kier molecular flexibility index (Phi) is 3.58. The van der Waals surface area contributed by atoms with E-state index in [2.05, 4.69) is 22.3 Å². The van der Waals surface area contributed by atoms with Crippen LogP contribution in [-0.4, -0.2) is 26.4 Å². The lowest BCUT2D eigenvalue weighted by molar-refractivity contribution is 0.515. The van der Waals surface area contributed by atoms with Gasteiger partial charge in [0, 0.05) is 32.2 Å². The molecule has 0 saturated heterocycles. The van der Waals surface area contributed by atoms with Gasteiger partial charge in [-0.25, -0.2) is 4.98 Å². The van der Waals surface area contributed by atoms with Crippen molar-refractivity contribution in [1.29, 1.82) is 0 Å². The van der Waals surface area contributed by atoms with Crippen molar-refractivity contribution in [3.8, 4) is 0 Å². The third-order valence-electron chi connectivity index (χ3n) is 2.89. The van der Waals surface area contributed by atoms with Crippen LogP contribution < -0.4 is 5.32 Å². The Labute approximate surface area is 101 Å². The number of rotatable bonds is 5. The van der Waals surface area contributed by atoms with Crippen LogP contribution in [0.5, 0.6) is 0 Å². The summed E-state index contributed by atoms with van der Waals surface area (Å²) in [5, 5.41) is 7.66. The van der Waals surface area contributed by atoms with Crippen molar-refractivity contribution >= 4 is 0 Å². The maximum Gasteiger partial charge on any atom is 0.131 e. The molecule has 5 nitrogen and oxygen atoms in total. The molecule has 1 N–H and O–H groups in total. The van der Waals surface area contributed by atoms with Crippen molar-refractivity contribution in [2.45, 2.75) is 25.9 Å². The molecule has 17 heavy (non-hydrogen) atoms. The van der Waals surface area contributed by atoms with E-state index in [-0.39, 0.29) is 6.04 Å². The van der Waals surface area contributed by atoms with Crippen LogP contribution in [0.1, 0.15) is 30.9 Å². The second-order valence-corrected chi connectivity index (χ2v) is 4.10. The molecule has 0 aromatic carbocycles. The molecule has 0 aliphatic carbocycles. The van der Waals surface area contributed by atoms with Gasteiger partial charge < -0.3 is 9.88 Å². The lowest BCUT2D eigenvalue weighted by atomic mass is 10.2. The number of imidazole rings is 1. The van der Waals surface area contributed by atoms with Crippen LogP contribution in [0.4, 0.5) is 0 Å². The number of nitrogens with zero attached hydrogens (tertiary/aromatic N) is 4. The van der Waals surface area contributed by atoms with Gasteiger partial charge in [-0.15, -0.1) is 0 Å². The van der Waals surface area contributed by atoms with Gasteiger partial charge in [-0.3, -0.25) is 4.68 Å². The first-order valence-electron chi connectivity index (χ1n) is 5.94. The minimum absolute atomic E-state index is 0.0871. The largest absolute Gasteiger partial charge is 0.336 e. The van der Waals surface area contributed by atoms with Crippen LogP contribution in [0.2, 0.25) is 0 Å². The van der Waals surface area contributed by atoms with Crippen molar-refractivity contribution in [1.82, 2.24) is 24.6 Å². The van der Waals surface area contributed by atoms with Crippen LogP contribution in [0.3, 0.4) is 0 Å². The molecule has 1 unspecified atom stereocenters. The summed E-state index contributed by atoms with van der Waals surface area (Å²) >= 11 is 0. The fourth-order valence-corrected chi connectivity index (χ4v) is 2.05. The van der Waals surface area contributed by atoms with Crippen molar-refractivity contribution < 1.29 is 0 Å². The maximum atomic E-state index is 4.40. The van der Waals surface area contributed by atoms with Crippen molar-refractivity contribution in [3.05, 3.63) is 36.2 Å². The SMILES string of the molecule is CCCn1nccc1C(NC)c1nccn1C. The summed E-state index contributed by atoms with van der Waals surface area (Å²) in [7, 11) is 3.95. The molecule has 2 aromatic heterocycles. The van der Waals surface area contributed by atoms with Gasteiger partial charge in [-0.1, -0.05) is 6.92 Å². The molecule has 0 amide bonds. The highest BCUT2D eigenvalue weighted by atomic mass is 15.3. The minimum Gasteiger partial charge on any atom is -0.336 e. The molecular formula is C12H19N5. The molecule has 0 aliphatic heterocycles. The zero-order valence-electron chi connectivity index (χ0n) is 10.6. The van der Waals surface area contributed by atoms with Crippen molar-refractivity contribution in [2.75, 3.05) is 7.05 Å². The molecule has 0 aliphatic rings. The highest BCUT2D eigenvalue weighted by Crippen LogP contribution is 2.19. The fraction of sp³-hybridized carbons (Fsp3) is 0.500. The van der Waals surface area contributed by atoms with E-state index in [0.29, 0.717) is 0 Å². The molecule has 0 fully saturated rings. The van der Waals surface area contributed by atoms with E-state index in [9.17, 15) is 0 Å². The molecule has 1 atom stereocenters. The second kappa shape index (κ2) is 5.14. The zero-order chi connectivity index (χ0) is 12.3. The third kappa shape index (κ3) is 2.24. The monoisotopic (exact) mass is 233 g/mol. The average molecular weight is 233 g/mol. The summed E-state index contributed by atoms with van der Waals surface area (Å²) in [6, 6.07) is 2.13. The first-order chi connectivity index (χ1) is 8.27. The second-order valence-electron chi connectivity index (χ2n) is 4.10. The molecule has 0 bridgehead atoms. The summed E-state index contributed by atoms with van der Waals surface area (Å²) in [5.41, 5.74) is 1.16. The maximum absolute atomic E-state index is 4.40. The highest BCUT2D eigenvalue weighted by molar-refractivity contribution is 5.17. The number of hydrogen-bond acceptors (Lipinski definition) is 3. The summed E-state index contributed by atoms with van der Waals surface area (Å²) in [6.45, 7) is 3.09. The molecule has 0 radical (unpaired) electrons. The average Bonchev–Trinajstić information content (AvgIpc) is 2.92. The predicted molar refractivity (Wildman–Crippen MR) is 66.6 cm³/mol. The lowest BCUT2D eigenvalue weighted by Gasteiger charge is -2.17. The van der Waals surface area contributed by atoms with E-state index >= 15 is 0 Å². The molecular weight excluding hydrogens is 214 g/mol. The Balaban J connectivity index is 2.35. The fourth-order valence-electron chi connectivity index (χ4n) is 2.05. The Morgan fingerprint density at radius 2 is 2.24 bits per heavy atom. The Morgan fingerprint density at radius 3 is 2.82 bits per heavy atom. The molecule has 2 rings (SSSR count). The molecule has 0 spiro atoms. The quantitative estimate of drug-likeness (QED) is 0.847.